The summed E-state index contributed by atoms with van der Waals surface area (Å²) in [4.78, 5) is 0. The summed E-state index contributed by atoms with van der Waals surface area (Å²) in [5, 5.41) is 8.17. The monoisotopic (exact) mass is 369 g/mol. The average molecular weight is 369 g/mol. The quantitative estimate of drug-likeness (QED) is 0.780. The summed E-state index contributed by atoms with van der Waals surface area (Å²) in [6, 6.07) is 8.04. The molecule has 1 saturated carbocycles. The Bertz CT molecular complexity index is 961. The van der Waals surface area contributed by atoms with Crippen LogP contribution in [0.1, 0.15) is 43.4 Å². The predicted molar refractivity (Wildman–Crippen MR) is 101 cm³/mol. The molecule has 1 saturated heterocycles. The molecule has 2 heterocycles. The van der Waals surface area contributed by atoms with E-state index in [9.17, 15) is 8.42 Å². The first-order valence-corrected chi connectivity index (χ1v) is 11.0. The highest BCUT2D eigenvalue weighted by Crippen LogP contribution is 2.28. The molecule has 2 aromatic rings. The van der Waals surface area contributed by atoms with E-state index < -0.39 is 9.84 Å². The third-order valence-electron chi connectivity index (χ3n) is 5.23. The van der Waals surface area contributed by atoms with Crippen LogP contribution >= 0.6 is 0 Å². The molecule has 0 radical (unpaired) electrons. The van der Waals surface area contributed by atoms with Crippen LogP contribution in [0.2, 0.25) is 0 Å². The van der Waals surface area contributed by atoms with Crippen LogP contribution in [-0.2, 0) is 16.4 Å². The number of nitrogens with zero attached hydrogens (tertiary/aromatic N) is 3. The third-order valence-corrected chi connectivity index (χ3v) is 7.49. The minimum atomic E-state index is -3.01. The van der Waals surface area contributed by atoms with Crippen LogP contribution in [0.15, 0.2) is 24.3 Å². The van der Waals surface area contributed by atoms with E-state index in [0.717, 1.165) is 35.4 Å². The van der Waals surface area contributed by atoms with E-state index in [-0.39, 0.29) is 5.25 Å². The van der Waals surface area contributed by atoms with Crippen LogP contribution in [0.3, 0.4) is 0 Å². The van der Waals surface area contributed by atoms with Crippen molar-refractivity contribution in [3.8, 4) is 23.1 Å². The van der Waals surface area contributed by atoms with Gasteiger partial charge in [-0.2, -0.15) is 0 Å². The maximum absolute atomic E-state index is 12.3. The summed E-state index contributed by atoms with van der Waals surface area (Å²) in [7, 11) is -3.01. The van der Waals surface area contributed by atoms with Crippen LogP contribution in [0.5, 0.6) is 0 Å². The summed E-state index contributed by atoms with van der Waals surface area (Å²) in [6.07, 6.45) is 4.91. The van der Waals surface area contributed by atoms with Crippen LogP contribution in [-0.4, -0.2) is 34.4 Å². The molecule has 1 atom stereocenters. The highest BCUT2D eigenvalue weighted by Gasteiger charge is 2.30. The number of rotatable bonds is 3. The van der Waals surface area contributed by atoms with Crippen molar-refractivity contribution in [2.24, 2.45) is 5.92 Å². The third kappa shape index (κ3) is 3.68. The average Bonchev–Trinajstić information content (AvgIpc) is 3.39. The molecule has 136 valence electrons. The van der Waals surface area contributed by atoms with E-state index in [1.165, 1.54) is 12.8 Å². The van der Waals surface area contributed by atoms with Gasteiger partial charge in [0.1, 0.15) is 5.69 Å². The Hall–Kier alpha value is -2.13. The van der Waals surface area contributed by atoms with E-state index >= 15 is 0 Å². The fourth-order valence-corrected chi connectivity index (χ4v) is 5.18. The standard InChI is InChI=1S/C20H23N3O2S/c1-15-20(18-11-9-17(10-12-18)8-7-16-5-6-16)21-22-23(15)14-19-4-2-3-13-26(19,24)25/h9-12,16,19H,2-6,13-14H2,1H3. The second kappa shape index (κ2) is 6.88. The molecule has 6 heteroatoms. The lowest BCUT2D eigenvalue weighted by Gasteiger charge is -2.22. The van der Waals surface area contributed by atoms with Gasteiger partial charge in [0.25, 0.3) is 0 Å². The van der Waals surface area contributed by atoms with E-state index in [1.54, 1.807) is 4.68 Å². The highest BCUT2D eigenvalue weighted by atomic mass is 32.2. The molecule has 1 aromatic heterocycles. The Balaban J connectivity index is 1.52. The van der Waals surface area contributed by atoms with Gasteiger partial charge in [0.05, 0.1) is 23.2 Å². The molecule has 4 rings (SSSR count). The molecule has 5 nitrogen and oxygen atoms in total. The van der Waals surface area contributed by atoms with Crippen molar-refractivity contribution >= 4 is 9.84 Å². The van der Waals surface area contributed by atoms with E-state index in [1.807, 2.05) is 31.2 Å². The van der Waals surface area contributed by atoms with Gasteiger partial charge in [0.15, 0.2) is 9.84 Å². The van der Waals surface area contributed by atoms with Gasteiger partial charge in [-0.15, -0.1) is 5.10 Å². The Morgan fingerprint density at radius 2 is 1.92 bits per heavy atom. The van der Waals surface area contributed by atoms with Gasteiger partial charge in [-0.1, -0.05) is 35.6 Å². The molecular formula is C20H23N3O2S. The molecule has 1 aliphatic heterocycles. The smallest absolute Gasteiger partial charge is 0.154 e. The molecule has 1 aliphatic carbocycles. The summed E-state index contributed by atoms with van der Waals surface area (Å²) in [5.74, 6) is 7.36. The zero-order valence-corrected chi connectivity index (χ0v) is 15.8. The first kappa shape index (κ1) is 17.3. The van der Waals surface area contributed by atoms with E-state index in [2.05, 4.69) is 22.2 Å². The van der Waals surface area contributed by atoms with Gasteiger partial charge in [-0.3, -0.25) is 0 Å². The SMILES string of the molecule is Cc1c(-c2ccc(C#CC3CC3)cc2)nnn1CC1CCCCS1(=O)=O. The molecule has 0 N–H and O–H groups in total. The lowest BCUT2D eigenvalue weighted by atomic mass is 10.1. The van der Waals surface area contributed by atoms with Gasteiger partial charge in [0.2, 0.25) is 0 Å². The summed E-state index contributed by atoms with van der Waals surface area (Å²) in [6.45, 7) is 2.34. The fourth-order valence-electron chi connectivity index (χ4n) is 3.34. The maximum atomic E-state index is 12.3. The first-order valence-electron chi connectivity index (χ1n) is 9.26. The normalized spacial score (nSPS) is 21.8. The molecule has 0 bridgehead atoms. The maximum Gasteiger partial charge on any atom is 0.154 e. The van der Waals surface area contributed by atoms with Gasteiger partial charge < -0.3 is 0 Å². The van der Waals surface area contributed by atoms with Gasteiger partial charge in [-0.25, -0.2) is 13.1 Å². The molecule has 1 aromatic carbocycles. The van der Waals surface area contributed by atoms with Crippen LogP contribution < -0.4 is 0 Å². The Labute approximate surface area is 154 Å². The minimum Gasteiger partial charge on any atom is -0.248 e. The van der Waals surface area contributed by atoms with Crippen molar-refractivity contribution in [2.45, 2.75) is 50.8 Å². The second-order valence-corrected chi connectivity index (χ2v) is 9.71. The van der Waals surface area contributed by atoms with Gasteiger partial charge in [0, 0.05) is 17.0 Å². The van der Waals surface area contributed by atoms with Crippen molar-refractivity contribution in [3.05, 3.63) is 35.5 Å². The molecular weight excluding hydrogens is 346 g/mol. The number of sulfone groups is 1. The molecule has 2 aliphatic rings. The Morgan fingerprint density at radius 1 is 1.15 bits per heavy atom. The molecule has 0 spiro atoms. The van der Waals surface area contributed by atoms with Gasteiger partial charge in [-0.05, 0) is 44.7 Å². The zero-order chi connectivity index (χ0) is 18.1. The van der Waals surface area contributed by atoms with Crippen molar-refractivity contribution in [3.63, 3.8) is 0 Å². The summed E-state index contributed by atoms with van der Waals surface area (Å²) in [5.41, 5.74) is 3.71. The number of hydrogen-bond donors (Lipinski definition) is 0. The van der Waals surface area contributed by atoms with Crippen LogP contribution in [0.4, 0.5) is 0 Å². The summed E-state index contributed by atoms with van der Waals surface area (Å²) >= 11 is 0. The minimum absolute atomic E-state index is 0.293. The second-order valence-electron chi connectivity index (χ2n) is 7.31. The Kier molecular flexibility index (Phi) is 4.58. The van der Waals surface area contributed by atoms with E-state index in [0.29, 0.717) is 24.6 Å². The summed E-state index contributed by atoms with van der Waals surface area (Å²) < 4.78 is 26.2. The van der Waals surface area contributed by atoms with E-state index in [4.69, 9.17) is 0 Å². The topological polar surface area (TPSA) is 64.8 Å². The van der Waals surface area contributed by atoms with Crippen molar-refractivity contribution in [1.82, 2.24) is 15.0 Å². The number of benzene rings is 1. The Morgan fingerprint density at radius 3 is 2.62 bits per heavy atom. The molecule has 26 heavy (non-hydrogen) atoms. The van der Waals surface area contributed by atoms with Crippen LogP contribution in [0, 0.1) is 24.7 Å². The number of aromatic nitrogens is 3. The zero-order valence-electron chi connectivity index (χ0n) is 15.0. The molecule has 0 amide bonds. The molecule has 1 unspecified atom stereocenters. The highest BCUT2D eigenvalue weighted by molar-refractivity contribution is 7.92. The van der Waals surface area contributed by atoms with Crippen molar-refractivity contribution in [1.29, 1.82) is 0 Å². The number of hydrogen-bond acceptors (Lipinski definition) is 4. The predicted octanol–water partition coefficient (Wildman–Crippen LogP) is 2.98. The molecule has 2 fully saturated rings. The van der Waals surface area contributed by atoms with Crippen LogP contribution in [0.25, 0.3) is 11.3 Å². The van der Waals surface area contributed by atoms with Gasteiger partial charge >= 0.3 is 0 Å². The fraction of sp³-hybridized carbons (Fsp3) is 0.500. The first-order chi connectivity index (χ1) is 12.5. The van der Waals surface area contributed by atoms with Crippen molar-refractivity contribution in [2.75, 3.05) is 5.75 Å². The lowest BCUT2D eigenvalue weighted by Crippen LogP contribution is -2.32. The lowest BCUT2D eigenvalue weighted by molar-refractivity contribution is 0.479. The largest absolute Gasteiger partial charge is 0.248 e. The van der Waals surface area contributed by atoms with Crippen molar-refractivity contribution < 1.29 is 8.42 Å².